The molecule has 1 aromatic rings. The van der Waals surface area contributed by atoms with Crippen molar-refractivity contribution in [3.63, 3.8) is 0 Å². The molecule has 1 aliphatic rings. The van der Waals surface area contributed by atoms with Crippen molar-refractivity contribution in [2.75, 3.05) is 27.2 Å². The van der Waals surface area contributed by atoms with Crippen molar-refractivity contribution in [2.45, 2.75) is 39.3 Å². The third kappa shape index (κ3) is 4.51. The van der Waals surface area contributed by atoms with E-state index in [-0.39, 0.29) is 0 Å². The third-order valence-electron chi connectivity index (χ3n) is 3.48. The maximum Gasteiger partial charge on any atom is 0.125 e. The number of nitrogens with one attached hydrogen (secondary N) is 1. The predicted octanol–water partition coefficient (Wildman–Crippen LogP) is 2.50. The van der Waals surface area contributed by atoms with Gasteiger partial charge in [-0.05, 0) is 57.5 Å². The summed E-state index contributed by atoms with van der Waals surface area (Å²) in [5, 5.41) is 3.56. The van der Waals surface area contributed by atoms with Gasteiger partial charge in [-0.2, -0.15) is 0 Å². The van der Waals surface area contributed by atoms with Gasteiger partial charge in [0.05, 0.1) is 0 Å². The topological polar surface area (TPSA) is 24.5 Å². The smallest absolute Gasteiger partial charge is 0.125 e. The van der Waals surface area contributed by atoms with Crippen molar-refractivity contribution in [3.8, 4) is 5.75 Å². The number of nitrogens with zero attached hydrogens (tertiary/aromatic N) is 1. The molecule has 0 bridgehead atoms. The summed E-state index contributed by atoms with van der Waals surface area (Å²) in [5.41, 5.74) is 3.85. The lowest BCUT2D eigenvalue weighted by atomic mass is 10.1. The number of aryl methyl sites for hydroxylation is 2. The van der Waals surface area contributed by atoms with E-state index >= 15 is 0 Å². The zero-order valence-electron chi connectivity index (χ0n) is 12.6. The minimum atomic E-state index is 0.744. The molecule has 0 aliphatic heterocycles. The van der Waals surface area contributed by atoms with Crippen molar-refractivity contribution in [1.29, 1.82) is 0 Å². The average molecular weight is 262 g/mol. The van der Waals surface area contributed by atoms with Crippen molar-refractivity contribution in [3.05, 3.63) is 28.8 Å². The number of benzene rings is 1. The zero-order valence-corrected chi connectivity index (χ0v) is 12.6. The van der Waals surface area contributed by atoms with E-state index in [1.807, 2.05) is 0 Å². The molecule has 0 radical (unpaired) electrons. The van der Waals surface area contributed by atoms with Gasteiger partial charge < -0.3 is 15.0 Å². The van der Waals surface area contributed by atoms with Gasteiger partial charge >= 0.3 is 0 Å². The molecule has 19 heavy (non-hydrogen) atoms. The second-order valence-electron chi connectivity index (χ2n) is 5.87. The SMILES string of the molecule is Cc1cc(CNC2CC2)cc(C)c1OCCN(C)C. The Hall–Kier alpha value is -1.06. The Bertz CT molecular complexity index is 402. The van der Waals surface area contributed by atoms with Crippen LogP contribution in [0.3, 0.4) is 0 Å². The number of hydrogen-bond donors (Lipinski definition) is 1. The first-order chi connectivity index (χ1) is 9.06. The highest BCUT2D eigenvalue weighted by Crippen LogP contribution is 2.26. The number of likely N-dealkylation sites (N-methyl/N-ethyl adjacent to an activating group) is 1. The van der Waals surface area contributed by atoms with Gasteiger partial charge in [-0.3, -0.25) is 0 Å². The highest BCUT2D eigenvalue weighted by molar-refractivity contribution is 5.43. The fourth-order valence-corrected chi connectivity index (χ4v) is 2.25. The molecule has 1 saturated carbocycles. The Kier molecular flexibility index (Phi) is 4.83. The maximum atomic E-state index is 5.91. The number of hydrogen-bond acceptors (Lipinski definition) is 3. The molecular formula is C16H26N2O. The van der Waals surface area contributed by atoms with E-state index in [0.717, 1.165) is 31.5 Å². The molecule has 3 heteroatoms. The van der Waals surface area contributed by atoms with Gasteiger partial charge in [0.1, 0.15) is 12.4 Å². The van der Waals surface area contributed by atoms with Crippen LogP contribution >= 0.6 is 0 Å². The molecule has 0 unspecified atom stereocenters. The fraction of sp³-hybridized carbons (Fsp3) is 0.625. The van der Waals surface area contributed by atoms with Crippen LogP contribution in [0.4, 0.5) is 0 Å². The monoisotopic (exact) mass is 262 g/mol. The van der Waals surface area contributed by atoms with Crippen molar-refractivity contribution in [2.24, 2.45) is 0 Å². The van der Waals surface area contributed by atoms with E-state index in [1.54, 1.807) is 0 Å². The van der Waals surface area contributed by atoms with Gasteiger partial charge in [-0.25, -0.2) is 0 Å². The molecular weight excluding hydrogens is 236 g/mol. The maximum absolute atomic E-state index is 5.91. The van der Waals surface area contributed by atoms with E-state index in [9.17, 15) is 0 Å². The summed E-state index contributed by atoms with van der Waals surface area (Å²) >= 11 is 0. The van der Waals surface area contributed by atoms with Crippen LogP contribution in [-0.4, -0.2) is 38.2 Å². The number of ether oxygens (including phenoxy) is 1. The van der Waals surface area contributed by atoms with E-state index < -0.39 is 0 Å². The van der Waals surface area contributed by atoms with Crippen LogP contribution < -0.4 is 10.1 Å². The van der Waals surface area contributed by atoms with Gasteiger partial charge in [0.2, 0.25) is 0 Å². The highest BCUT2D eigenvalue weighted by atomic mass is 16.5. The molecule has 1 aliphatic carbocycles. The third-order valence-corrected chi connectivity index (χ3v) is 3.48. The van der Waals surface area contributed by atoms with Crippen LogP contribution in [0, 0.1) is 13.8 Å². The average Bonchev–Trinajstić information content (AvgIpc) is 3.13. The van der Waals surface area contributed by atoms with Crippen LogP contribution in [0.15, 0.2) is 12.1 Å². The van der Waals surface area contributed by atoms with Crippen molar-refractivity contribution < 1.29 is 4.74 Å². The minimum Gasteiger partial charge on any atom is -0.492 e. The second-order valence-corrected chi connectivity index (χ2v) is 5.87. The van der Waals surface area contributed by atoms with Gasteiger partial charge in [0.15, 0.2) is 0 Å². The van der Waals surface area contributed by atoms with E-state index in [4.69, 9.17) is 4.74 Å². The van der Waals surface area contributed by atoms with Gasteiger partial charge in [0.25, 0.3) is 0 Å². The van der Waals surface area contributed by atoms with Crippen LogP contribution in [-0.2, 0) is 6.54 Å². The summed E-state index contributed by atoms with van der Waals surface area (Å²) < 4.78 is 5.91. The van der Waals surface area contributed by atoms with Crippen LogP contribution in [0.5, 0.6) is 5.75 Å². The minimum absolute atomic E-state index is 0.744. The Labute approximate surface area is 116 Å². The Morgan fingerprint density at radius 1 is 1.21 bits per heavy atom. The molecule has 1 fully saturated rings. The molecule has 1 N–H and O–H groups in total. The van der Waals surface area contributed by atoms with Crippen molar-refractivity contribution in [1.82, 2.24) is 10.2 Å². The lowest BCUT2D eigenvalue weighted by Gasteiger charge is -2.16. The standard InChI is InChI=1S/C16H26N2O/c1-12-9-14(11-17-15-5-6-15)10-13(2)16(12)19-8-7-18(3)4/h9-10,15,17H,5-8,11H2,1-4H3. The molecule has 0 heterocycles. The summed E-state index contributed by atoms with van der Waals surface area (Å²) in [7, 11) is 4.13. The molecule has 2 rings (SSSR count). The van der Waals surface area contributed by atoms with E-state index in [1.165, 1.54) is 29.5 Å². The van der Waals surface area contributed by atoms with E-state index in [2.05, 4.69) is 50.3 Å². The Morgan fingerprint density at radius 2 is 1.84 bits per heavy atom. The first-order valence-electron chi connectivity index (χ1n) is 7.17. The molecule has 0 saturated heterocycles. The first-order valence-corrected chi connectivity index (χ1v) is 7.17. The largest absolute Gasteiger partial charge is 0.492 e. The summed E-state index contributed by atoms with van der Waals surface area (Å²) in [6.45, 7) is 6.94. The fourth-order valence-electron chi connectivity index (χ4n) is 2.25. The highest BCUT2D eigenvalue weighted by Gasteiger charge is 2.20. The molecule has 1 aromatic carbocycles. The van der Waals surface area contributed by atoms with Gasteiger partial charge in [-0.15, -0.1) is 0 Å². The van der Waals surface area contributed by atoms with Crippen LogP contribution in [0.2, 0.25) is 0 Å². The molecule has 0 aromatic heterocycles. The predicted molar refractivity (Wildman–Crippen MR) is 79.8 cm³/mol. The summed E-state index contributed by atoms with van der Waals surface area (Å²) in [6, 6.07) is 5.25. The Balaban J connectivity index is 1.94. The van der Waals surface area contributed by atoms with Crippen LogP contribution in [0.1, 0.15) is 29.5 Å². The summed E-state index contributed by atoms with van der Waals surface area (Å²) in [4.78, 5) is 2.14. The van der Waals surface area contributed by atoms with Crippen LogP contribution in [0.25, 0.3) is 0 Å². The lowest BCUT2D eigenvalue weighted by Crippen LogP contribution is -2.20. The van der Waals surface area contributed by atoms with Gasteiger partial charge in [-0.1, -0.05) is 12.1 Å². The van der Waals surface area contributed by atoms with E-state index in [0.29, 0.717) is 0 Å². The lowest BCUT2D eigenvalue weighted by molar-refractivity contribution is 0.259. The summed E-state index contributed by atoms with van der Waals surface area (Å²) in [6.07, 6.45) is 2.67. The van der Waals surface area contributed by atoms with Crippen molar-refractivity contribution >= 4 is 0 Å². The molecule has 0 spiro atoms. The quantitative estimate of drug-likeness (QED) is 0.817. The normalized spacial score (nSPS) is 15.0. The number of rotatable bonds is 7. The molecule has 106 valence electrons. The molecule has 3 nitrogen and oxygen atoms in total. The Morgan fingerprint density at radius 3 is 2.37 bits per heavy atom. The zero-order chi connectivity index (χ0) is 13.8. The summed E-state index contributed by atoms with van der Waals surface area (Å²) in [5.74, 6) is 1.05. The second kappa shape index (κ2) is 6.40. The molecule has 0 atom stereocenters. The first kappa shape index (κ1) is 14.4. The molecule has 0 amide bonds. The van der Waals surface area contributed by atoms with Gasteiger partial charge in [0, 0.05) is 19.1 Å².